The second-order valence-corrected chi connectivity index (χ2v) is 8.81. The number of benzene rings is 1. The standard InChI is InChI=1S/C25H30N2O5S/c1-5-14-32-18-11-10-17(16-19(18)31-6-2)22-21(23(28)20-9-7-15-33-20)24(29)25(30)27(22)13-8-12-26(3)4/h5,7,9-11,15-16,22,29H,1,6,8,12-14H2,2-4H3. The van der Waals surface area contributed by atoms with Gasteiger partial charge in [-0.2, -0.15) is 0 Å². The van der Waals surface area contributed by atoms with Crippen LogP contribution in [0, 0.1) is 0 Å². The van der Waals surface area contributed by atoms with E-state index in [9.17, 15) is 14.7 Å². The van der Waals surface area contributed by atoms with E-state index in [1.807, 2.05) is 25.9 Å². The molecule has 1 atom stereocenters. The Morgan fingerprint density at radius 3 is 2.70 bits per heavy atom. The van der Waals surface area contributed by atoms with Crippen molar-refractivity contribution in [2.45, 2.75) is 19.4 Å². The first-order valence-corrected chi connectivity index (χ1v) is 11.7. The fraction of sp³-hybridized carbons (Fsp3) is 0.360. The highest BCUT2D eigenvalue weighted by Crippen LogP contribution is 2.42. The van der Waals surface area contributed by atoms with Gasteiger partial charge in [-0.1, -0.05) is 24.8 Å². The number of hydrogen-bond donors (Lipinski definition) is 1. The zero-order valence-corrected chi connectivity index (χ0v) is 20.1. The first-order valence-electron chi connectivity index (χ1n) is 10.9. The number of carbonyl (C=O) groups excluding carboxylic acids is 2. The Morgan fingerprint density at radius 1 is 1.27 bits per heavy atom. The molecule has 33 heavy (non-hydrogen) atoms. The van der Waals surface area contributed by atoms with E-state index in [0.717, 1.165) is 6.54 Å². The summed E-state index contributed by atoms with van der Waals surface area (Å²) in [6.07, 6.45) is 2.34. The Balaban J connectivity index is 2.04. The van der Waals surface area contributed by atoms with Crippen LogP contribution in [-0.2, 0) is 4.79 Å². The van der Waals surface area contributed by atoms with Gasteiger partial charge in [0, 0.05) is 6.54 Å². The van der Waals surface area contributed by atoms with Gasteiger partial charge in [-0.25, -0.2) is 0 Å². The van der Waals surface area contributed by atoms with E-state index in [4.69, 9.17) is 9.47 Å². The first-order chi connectivity index (χ1) is 15.9. The first kappa shape index (κ1) is 24.5. The Morgan fingerprint density at radius 2 is 2.06 bits per heavy atom. The summed E-state index contributed by atoms with van der Waals surface area (Å²) in [5.41, 5.74) is 0.765. The molecule has 8 heteroatoms. The monoisotopic (exact) mass is 470 g/mol. The molecule has 1 aliphatic heterocycles. The van der Waals surface area contributed by atoms with Gasteiger partial charge in [0.15, 0.2) is 17.3 Å². The van der Waals surface area contributed by atoms with E-state index in [0.29, 0.717) is 48.1 Å². The predicted molar refractivity (Wildman–Crippen MR) is 129 cm³/mol. The minimum absolute atomic E-state index is 0.0921. The maximum absolute atomic E-state index is 13.3. The van der Waals surface area contributed by atoms with Crippen LogP contribution in [-0.4, -0.2) is 67.0 Å². The quantitative estimate of drug-likeness (QED) is 0.369. The van der Waals surface area contributed by atoms with Crippen LogP contribution in [0.5, 0.6) is 11.5 Å². The lowest BCUT2D eigenvalue weighted by atomic mass is 9.95. The van der Waals surface area contributed by atoms with Gasteiger partial charge >= 0.3 is 0 Å². The van der Waals surface area contributed by atoms with E-state index in [-0.39, 0.29) is 11.4 Å². The van der Waals surface area contributed by atoms with Crippen molar-refractivity contribution in [1.82, 2.24) is 9.80 Å². The molecule has 1 unspecified atom stereocenters. The Hall–Kier alpha value is -3.10. The summed E-state index contributed by atoms with van der Waals surface area (Å²) < 4.78 is 11.5. The van der Waals surface area contributed by atoms with Gasteiger partial charge in [0.25, 0.3) is 5.91 Å². The van der Waals surface area contributed by atoms with Crippen molar-refractivity contribution in [2.75, 3.05) is 40.4 Å². The maximum atomic E-state index is 13.3. The van der Waals surface area contributed by atoms with Gasteiger partial charge in [-0.3, -0.25) is 9.59 Å². The Kier molecular flexibility index (Phi) is 8.30. The number of aliphatic hydroxyl groups excluding tert-OH is 1. The van der Waals surface area contributed by atoms with Gasteiger partial charge in [0.05, 0.1) is 23.1 Å². The van der Waals surface area contributed by atoms with Crippen LogP contribution < -0.4 is 9.47 Å². The number of ketones is 1. The molecule has 0 saturated carbocycles. The summed E-state index contributed by atoms with van der Waals surface area (Å²) in [6, 6.07) is 8.09. The Labute approximate surface area is 198 Å². The highest BCUT2D eigenvalue weighted by atomic mass is 32.1. The molecular formula is C25H30N2O5S. The lowest BCUT2D eigenvalue weighted by Gasteiger charge is -2.28. The van der Waals surface area contributed by atoms with Crippen LogP contribution in [0.2, 0.25) is 0 Å². The van der Waals surface area contributed by atoms with Crippen LogP contribution >= 0.6 is 11.3 Å². The fourth-order valence-corrected chi connectivity index (χ4v) is 4.47. The van der Waals surface area contributed by atoms with E-state index in [1.165, 1.54) is 11.3 Å². The molecule has 1 amide bonds. The third-order valence-corrected chi connectivity index (χ3v) is 6.11. The van der Waals surface area contributed by atoms with Crippen LogP contribution in [0.3, 0.4) is 0 Å². The molecule has 0 aliphatic carbocycles. The van der Waals surface area contributed by atoms with Crippen molar-refractivity contribution in [1.29, 1.82) is 0 Å². The van der Waals surface area contributed by atoms with Gasteiger partial charge < -0.3 is 24.4 Å². The number of aliphatic hydroxyl groups is 1. The van der Waals surface area contributed by atoms with Crippen molar-refractivity contribution in [3.05, 3.63) is 70.1 Å². The topological polar surface area (TPSA) is 79.3 Å². The van der Waals surface area contributed by atoms with Crippen molar-refractivity contribution < 1.29 is 24.2 Å². The summed E-state index contributed by atoms with van der Waals surface area (Å²) in [5, 5.41) is 12.6. The third kappa shape index (κ3) is 5.46. The van der Waals surface area contributed by atoms with Gasteiger partial charge in [0.2, 0.25) is 5.78 Å². The van der Waals surface area contributed by atoms with E-state index in [2.05, 4.69) is 6.58 Å². The molecule has 1 N–H and O–H groups in total. The van der Waals surface area contributed by atoms with Gasteiger partial charge in [-0.05, 0) is 63.1 Å². The molecule has 7 nitrogen and oxygen atoms in total. The summed E-state index contributed by atoms with van der Waals surface area (Å²) in [5.74, 6) is -0.326. The molecule has 0 spiro atoms. The fourth-order valence-electron chi connectivity index (χ4n) is 3.79. The molecule has 1 aromatic heterocycles. The maximum Gasteiger partial charge on any atom is 0.290 e. The number of Topliss-reactive ketones (excluding diaryl/α,β-unsaturated/α-hetero) is 1. The predicted octanol–water partition coefficient (Wildman–Crippen LogP) is 4.24. The van der Waals surface area contributed by atoms with E-state index >= 15 is 0 Å². The van der Waals surface area contributed by atoms with Crippen LogP contribution in [0.15, 0.2) is 59.7 Å². The number of hydrogen-bond acceptors (Lipinski definition) is 7. The Bertz CT molecular complexity index is 1030. The van der Waals surface area contributed by atoms with Crippen LogP contribution in [0.4, 0.5) is 0 Å². The number of ether oxygens (including phenoxy) is 2. The molecule has 2 heterocycles. The van der Waals surface area contributed by atoms with Crippen molar-refractivity contribution in [3.8, 4) is 11.5 Å². The minimum atomic E-state index is -0.720. The number of nitrogens with zero attached hydrogens (tertiary/aromatic N) is 2. The van der Waals surface area contributed by atoms with Gasteiger partial charge in [0.1, 0.15) is 6.61 Å². The number of rotatable bonds is 12. The molecule has 1 aliphatic rings. The average molecular weight is 471 g/mol. The second-order valence-electron chi connectivity index (χ2n) is 7.87. The van der Waals surface area contributed by atoms with Crippen molar-refractivity contribution >= 4 is 23.0 Å². The number of amides is 1. The largest absolute Gasteiger partial charge is 0.503 e. The van der Waals surface area contributed by atoms with Crippen molar-refractivity contribution in [2.24, 2.45) is 0 Å². The SMILES string of the molecule is C=CCOc1ccc(C2C(C(=O)c3cccs3)=C(O)C(=O)N2CCCN(C)C)cc1OCC. The second kappa shape index (κ2) is 11.2. The smallest absolute Gasteiger partial charge is 0.290 e. The average Bonchev–Trinajstić information content (AvgIpc) is 3.41. The molecule has 0 radical (unpaired) electrons. The molecular weight excluding hydrogens is 440 g/mol. The summed E-state index contributed by atoms with van der Waals surface area (Å²) in [6.45, 7) is 7.44. The van der Waals surface area contributed by atoms with Crippen LogP contribution in [0.25, 0.3) is 0 Å². The summed E-state index contributed by atoms with van der Waals surface area (Å²) in [7, 11) is 3.92. The zero-order valence-electron chi connectivity index (χ0n) is 19.2. The zero-order chi connectivity index (χ0) is 24.0. The minimum Gasteiger partial charge on any atom is -0.503 e. The summed E-state index contributed by atoms with van der Waals surface area (Å²) in [4.78, 5) is 30.5. The van der Waals surface area contributed by atoms with E-state index in [1.54, 1.807) is 46.7 Å². The lowest BCUT2D eigenvalue weighted by Crippen LogP contribution is -2.33. The molecule has 0 saturated heterocycles. The summed E-state index contributed by atoms with van der Waals surface area (Å²) >= 11 is 1.28. The highest BCUT2D eigenvalue weighted by Gasteiger charge is 2.44. The lowest BCUT2D eigenvalue weighted by molar-refractivity contribution is -0.129. The molecule has 2 aromatic rings. The van der Waals surface area contributed by atoms with E-state index < -0.39 is 17.7 Å². The number of thiophene rings is 1. The highest BCUT2D eigenvalue weighted by molar-refractivity contribution is 7.12. The van der Waals surface area contributed by atoms with Crippen molar-refractivity contribution in [3.63, 3.8) is 0 Å². The molecule has 176 valence electrons. The molecule has 3 rings (SSSR count). The molecule has 0 fully saturated rings. The molecule has 1 aromatic carbocycles. The molecule has 0 bridgehead atoms. The number of carbonyl (C=O) groups is 2. The third-order valence-electron chi connectivity index (χ3n) is 5.24. The van der Waals surface area contributed by atoms with Crippen LogP contribution in [0.1, 0.15) is 34.6 Å². The van der Waals surface area contributed by atoms with Gasteiger partial charge in [-0.15, -0.1) is 11.3 Å². The normalized spacial score (nSPS) is 15.9.